The quantitative estimate of drug-likeness (QED) is 0.898. The number of carboxylic acids is 1. The molecule has 1 N–H and O–H groups in total. The molecule has 18 heavy (non-hydrogen) atoms. The van der Waals surface area contributed by atoms with Gasteiger partial charge in [0.15, 0.2) is 0 Å². The zero-order valence-corrected chi connectivity index (χ0v) is 10.4. The first-order chi connectivity index (χ1) is 8.51. The lowest BCUT2D eigenvalue weighted by molar-refractivity contribution is -0.142. The van der Waals surface area contributed by atoms with Crippen LogP contribution in [0.4, 0.5) is 0 Å². The third-order valence-corrected chi connectivity index (χ3v) is 3.04. The summed E-state index contributed by atoms with van der Waals surface area (Å²) in [6, 6.07) is 13.6. The minimum atomic E-state index is -0.981. The maximum absolute atomic E-state index is 11.2. The molecule has 0 atom stereocenters. The highest BCUT2D eigenvalue weighted by Crippen LogP contribution is 2.26. The Kier molecular flexibility index (Phi) is 3.15. The zero-order chi connectivity index (χ0) is 13.2. The summed E-state index contributed by atoms with van der Waals surface area (Å²) >= 11 is 0. The van der Waals surface area contributed by atoms with Crippen LogP contribution in [0, 0.1) is 0 Å². The van der Waals surface area contributed by atoms with Gasteiger partial charge in [-0.3, -0.25) is 9.78 Å². The van der Waals surface area contributed by atoms with Crippen molar-refractivity contribution in [3.63, 3.8) is 0 Å². The van der Waals surface area contributed by atoms with E-state index in [9.17, 15) is 9.90 Å². The molecule has 0 saturated carbocycles. The average molecular weight is 241 g/mol. The minimum absolute atomic E-state index is 0.566. The van der Waals surface area contributed by atoms with Gasteiger partial charge in [-0.1, -0.05) is 30.3 Å². The van der Waals surface area contributed by atoms with Gasteiger partial charge in [0.2, 0.25) is 0 Å². The van der Waals surface area contributed by atoms with E-state index < -0.39 is 11.4 Å². The summed E-state index contributed by atoms with van der Waals surface area (Å²) in [4.78, 5) is 15.4. The molecule has 3 heteroatoms. The standard InChI is InChI=1S/C15H15NO2/c1-15(2,14(17)18)13-10-12(8-9-16-13)11-6-4-3-5-7-11/h3-10H,1-2H3,(H,17,18). The molecule has 2 rings (SSSR count). The predicted octanol–water partition coefficient (Wildman–Crippen LogP) is 3.11. The first-order valence-electron chi connectivity index (χ1n) is 5.77. The smallest absolute Gasteiger partial charge is 0.315 e. The van der Waals surface area contributed by atoms with Crippen molar-refractivity contribution in [1.29, 1.82) is 0 Å². The van der Waals surface area contributed by atoms with Gasteiger partial charge >= 0.3 is 5.97 Å². The molecular formula is C15H15NO2. The van der Waals surface area contributed by atoms with E-state index in [0.717, 1.165) is 11.1 Å². The van der Waals surface area contributed by atoms with Crippen LogP contribution in [0.25, 0.3) is 11.1 Å². The fourth-order valence-electron chi connectivity index (χ4n) is 1.69. The molecule has 3 nitrogen and oxygen atoms in total. The summed E-state index contributed by atoms with van der Waals surface area (Å²) in [6.07, 6.45) is 1.66. The van der Waals surface area contributed by atoms with Crippen LogP contribution >= 0.6 is 0 Å². The lowest BCUT2D eigenvalue weighted by atomic mass is 9.87. The van der Waals surface area contributed by atoms with E-state index in [4.69, 9.17) is 0 Å². The van der Waals surface area contributed by atoms with Crippen molar-refractivity contribution < 1.29 is 9.90 Å². The van der Waals surface area contributed by atoms with Crippen molar-refractivity contribution in [1.82, 2.24) is 4.98 Å². The monoisotopic (exact) mass is 241 g/mol. The molecule has 2 aromatic rings. The molecule has 1 aromatic heterocycles. The third-order valence-electron chi connectivity index (χ3n) is 3.04. The number of nitrogens with zero attached hydrogens (tertiary/aromatic N) is 1. The maximum Gasteiger partial charge on any atom is 0.315 e. The first-order valence-corrected chi connectivity index (χ1v) is 5.77. The predicted molar refractivity (Wildman–Crippen MR) is 70.3 cm³/mol. The SMILES string of the molecule is CC(C)(C(=O)O)c1cc(-c2ccccc2)ccn1. The van der Waals surface area contributed by atoms with Gasteiger partial charge in [0.05, 0.1) is 5.69 Å². The molecule has 0 radical (unpaired) electrons. The largest absolute Gasteiger partial charge is 0.481 e. The highest BCUT2D eigenvalue weighted by Gasteiger charge is 2.31. The Morgan fingerprint density at radius 3 is 2.39 bits per heavy atom. The molecule has 0 unspecified atom stereocenters. The lowest BCUT2D eigenvalue weighted by Crippen LogP contribution is -2.29. The molecule has 0 bridgehead atoms. The summed E-state index contributed by atoms with van der Waals surface area (Å²) < 4.78 is 0. The fraction of sp³-hybridized carbons (Fsp3) is 0.200. The number of aliphatic carboxylic acids is 1. The Balaban J connectivity index is 2.46. The molecule has 0 saturated heterocycles. The molecule has 0 aliphatic heterocycles. The molecule has 1 heterocycles. The van der Waals surface area contributed by atoms with Crippen molar-refractivity contribution >= 4 is 5.97 Å². The van der Waals surface area contributed by atoms with Crippen LogP contribution in [0.5, 0.6) is 0 Å². The topological polar surface area (TPSA) is 50.2 Å². The van der Waals surface area contributed by atoms with E-state index in [2.05, 4.69) is 4.98 Å². The molecule has 0 spiro atoms. The number of rotatable bonds is 3. The minimum Gasteiger partial charge on any atom is -0.481 e. The van der Waals surface area contributed by atoms with Gasteiger partial charge in [0, 0.05) is 6.20 Å². The molecule has 0 aliphatic carbocycles. The van der Waals surface area contributed by atoms with Gasteiger partial charge in [-0.15, -0.1) is 0 Å². The van der Waals surface area contributed by atoms with Crippen LogP contribution in [0.3, 0.4) is 0 Å². The normalized spacial score (nSPS) is 11.2. The van der Waals surface area contributed by atoms with E-state index in [1.54, 1.807) is 20.0 Å². The maximum atomic E-state index is 11.2. The van der Waals surface area contributed by atoms with Crippen molar-refractivity contribution in [2.75, 3.05) is 0 Å². The van der Waals surface area contributed by atoms with Crippen LogP contribution < -0.4 is 0 Å². The summed E-state index contributed by atoms with van der Waals surface area (Å²) in [5, 5.41) is 9.22. The van der Waals surface area contributed by atoms with Crippen molar-refractivity contribution in [2.24, 2.45) is 0 Å². The first kappa shape index (κ1) is 12.3. The highest BCUT2D eigenvalue weighted by molar-refractivity contribution is 5.80. The Bertz CT molecular complexity index is 562. The Morgan fingerprint density at radius 1 is 1.11 bits per heavy atom. The lowest BCUT2D eigenvalue weighted by Gasteiger charge is -2.19. The van der Waals surface area contributed by atoms with Crippen LogP contribution in [0.2, 0.25) is 0 Å². The Morgan fingerprint density at radius 2 is 1.78 bits per heavy atom. The Labute approximate surface area is 106 Å². The highest BCUT2D eigenvalue weighted by atomic mass is 16.4. The van der Waals surface area contributed by atoms with Crippen LogP contribution in [-0.2, 0) is 10.2 Å². The Hall–Kier alpha value is -2.16. The van der Waals surface area contributed by atoms with Crippen LogP contribution in [0.15, 0.2) is 48.7 Å². The second kappa shape index (κ2) is 4.61. The second-order valence-corrected chi connectivity index (χ2v) is 4.73. The van der Waals surface area contributed by atoms with Crippen LogP contribution in [-0.4, -0.2) is 16.1 Å². The number of carbonyl (C=O) groups is 1. The van der Waals surface area contributed by atoms with Crippen LogP contribution in [0.1, 0.15) is 19.5 Å². The van der Waals surface area contributed by atoms with Gasteiger partial charge in [-0.05, 0) is 37.1 Å². The third kappa shape index (κ3) is 2.25. The zero-order valence-electron chi connectivity index (χ0n) is 10.4. The van der Waals surface area contributed by atoms with E-state index >= 15 is 0 Å². The number of aromatic nitrogens is 1. The van der Waals surface area contributed by atoms with Gasteiger partial charge in [0.25, 0.3) is 0 Å². The molecule has 0 amide bonds. The van der Waals surface area contributed by atoms with E-state index in [0.29, 0.717) is 5.69 Å². The summed E-state index contributed by atoms with van der Waals surface area (Å²) in [6.45, 7) is 3.32. The molecule has 0 aliphatic rings. The number of carboxylic acid groups (broad SMARTS) is 1. The van der Waals surface area contributed by atoms with E-state index in [1.165, 1.54) is 0 Å². The van der Waals surface area contributed by atoms with Crippen molar-refractivity contribution in [2.45, 2.75) is 19.3 Å². The number of hydrogen-bond acceptors (Lipinski definition) is 2. The summed E-state index contributed by atoms with van der Waals surface area (Å²) in [5.41, 5.74) is 1.62. The van der Waals surface area contributed by atoms with Gasteiger partial charge in [-0.25, -0.2) is 0 Å². The van der Waals surface area contributed by atoms with Crippen molar-refractivity contribution in [3.05, 3.63) is 54.4 Å². The fourth-order valence-corrected chi connectivity index (χ4v) is 1.69. The average Bonchev–Trinajstić information content (AvgIpc) is 2.40. The van der Waals surface area contributed by atoms with Gasteiger partial charge in [-0.2, -0.15) is 0 Å². The number of hydrogen-bond donors (Lipinski definition) is 1. The van der Waals surface area contributed by atoms with Crippen molar-refractivity contribution in [3.8, 4) is 11.1 Å². The second-order valence-electron chi connectivity index (χ2n) is 4.73. The van der Waals surface area contributed by atoms with E-state index in [-0.39, 0.29) is 0 Å². The molecular weight excluding hydrogens is 226 g/mol. The van der Waals surface area contributed by atoms with E-state index in [1.807, 2.05) is 42.5 Å². The van der Waals surface area contributed by atoms with Gasteiger partial charge in [0.1, 0.15) is 5.41 Å². The molecule has 92 valence electrons. The van der Waals surface area contributed by atoms with Gasteiger partial charge < -0.3 is 5.11 Å². The number of benzene rings is 1. The number of pyridine rings is 1. The summed E-state index contributed by atoms with van der Waals surface area (Å²) in [7, 11) is 0. The summed E-state index contributed by atoms with van der Waals surface area (Å²) in [5.74, 6) is -0.875. The molecule has 0 fully saturated rings. The molecule has 1 aromatic carbocycles.